The van der Waals surface area contributed by atoms with Gasteiger partial charge in [0, 0.05) is 42.0 Å². The van der Waals surface area contributed by atoms with Gasteiger partial charge in [-0.2, -0.15) is 0 Å². The van der Waals surface area contributed by atoms with E-state index in [1.54, 1.807) is 0 Å². The fourth-order valence-corrected chi connectivity index (χ4v) is 5.82. The summed E-state index contributed by atoms with van der Waals surface area (Å²) in [4.78, 5) is 4.69. The van der Waals surface area contributed by atoms with E-state index in [9.17, 15) is 0 Å². The first-order valence-corrected chi connectivity index (χ1v) is 10.4. The number of piperidine rings is 2. The smallest absolute Gasteiger partial charge is 0.104 e. The van der Waals surface area contributed by atoms with Crippen LogP contribution >= 0.6 is 0 Å². The van der Waals surface area contributed by atoms with Crippen molar-refractivity contribution in [3.63, 3.8) is 0 Å². The molecule has 1 heterocycles. The molecule has 5 unspecified atom stereocenters. The summed E-state index contributed by atoms with van der Waals surface area (Å²) in [7, 11) is 0. The zero-order valence-corrected chi connectivity index (χ0v) is 16.8. The Morgan fingerprint density at radius 2 is 1.96 bits per heavy atom. The first-order chi connectivity index (χ1) is 12.9. The van der Waals surface area contributed by atoms with Crippen molar-refractivity contribution in [3.05, 3.63) is 35.9 Å². The Morgan fingerprint density at radius 3 is 2.48 bits per heavy atom. The van der Waals surface area contributed by atoms with Crippen molar-refractivity contribution in [1.82, 2.24) is 9.80 Å². The summed E-state index contributed by atoms with van der Waals surface area (Å²) in [5.41, 5.74) is 7.97. The molecule has 0 amide bonds. The van der Waals surface area contributed by atoms with Crippen molar-refractivity contribution in [2.75, 3.05) is 6.54 Å². The quantitative estimate of drug-likeness (QED) is 0.531. The van der Waals surface area contributed by atoms with E-state index in [1.165, 1.54) is 18.4 Å². The molecular weight excluding hydrogens is 334 g/mol. The molecule has 1 aromatic rings. The summed E-state index contributed by atoms with van der Waals surface area (Å²) >= 11 is 0. The number of hydrogen-bond donors (Lipinski definition) is 3. The standard InChI is InChI=1S/C22H33N5/c1-14(2)21(25)27(15(3)23)20-13-19-22(20)11-9-18(22)26(19)12-10-17(24)16-7-5-4-6-8-16/h4-8,14,17-20,23,25H,9-13,24H2,1-3H3. The summed E-state index contributed by atoms with van der Waals surface area (Å²) in [5, 5.41) is 16.7. The van der Waals surface area contributed by atoms with Crippen molar-refractivity contribution >= 4 is 11.7 Å². The highest BCUT2D eigenvalue weighted by Gasteiger charge is 2.76. The first kappa shape index (κ1) is 18.6. The van der Waals surface area contributed by atoms with Crippen LogP contribution in [0.2, 0.25) is 0 Å². The van der Waals surface area contributed by atoms with E-state index in [0.29, 0.717) is 35.2 Å². The third kappa shape index (κ3) is 2.66. The van der Waals surface area contributed by atoms with E-state index in [2.05, 4.69) is 43.0 Å². The van der Waals surface area contributed by atoms with E-state index in [-0.39, 0.29) is 12.0 Å². The molecule has 0 radical (unpaired) electrons. The highest BCUT2D eigenvalue weighted by Crippen LogP contribution is 2.69. The molecule has 0 bridgehead atoms. The van der Waals surface area contributed by atoms with Gasteiger partial charge in [0.1, 0.15) is 5.84 Å². The Kier molecular flexibility index (Phi) is 4.63. The second-order valence-electron chi connectivity index (χ2n) is 8.97. The minimum absolute atomic E-state index is 0.103. The summed E-state index contributed by atoms with van der Waals surface area (Å²) in [6.07, 6.45) is 4.59. The lowest BCUT2D eigenvalue weighted by Gasteiger charge is -2.81. The molecule has 3 fully saturated rings. The van der Waals surface area contributed by atoms with Crippen molar-refractivity contribution < 1.29 is 0 Å². The monoisotopic (exact) mass is 367 g/mol. The average Bonchev–Trinajstić information content (AvgIpc) is 2.60. The molecule has 1 aromatic carbocycles. The van der Waals surface area contributed by atoms with Gasteiger partial charge in [0.25, 0.3) is 0 Å². The second kappa shape index (κ2) is 6.71. The number of nitrogens with two attached hydrogens (primary N) is 1. The summed E-state index contributed by atoms with van der Waals surface area (Å²) in [6, 6.07) is 12.1. The molecule has 4 rings (SSSR count). The second-order valence-corrected chi connectivity index (χ2v) is 8.97. The van der Waals surface area contributed by atoms with E-state index in [4.69, 9.17) is 16.6 Å². The zero-order chi connectivity index (χ0) is 19.3. The minimum atomic E-state index is 0.103. The molecule has 3 aliphatic rings. The van der Waals surface area contributed by atoms with Gasteiger partial charge < -0.3 is 10.6 Å². The van der Waals surface area contributed by atoms with Crippen molar-refractivity contribution in [2.24, 2.45) is 17.1 Å². The largest absolute Gasteiger partial charge is 0.324 e. The topological polar surface area (TPSA) is 80.2 Å². The third-order valence-corrected chi connectivity index (χ3v) is 7.36. The Balaban J connectivity index is 1.39. The Hall–Kier alpha value is -1.72. The Labute approximate surface area is 162 Å². The fourth-order valence-electron chi connectivity index (χ4n) is 5.82. The molecule has 2 aliphatic carbocycles. The Bertz CT molecular complexity index is 721. The number of amidine groups is 2. The Morgan fingerprint density at radius 1 is 1.26 bits per heavy atom. The maximum atomic E-state index is 8.49. The van der Waals surface area contributed by atoms with Crippen LogP contribution in [0.25, 0.3) is 0 Å². The summed E-state index contributed by atoms with van der Waals surface area (Å²) < 4.78 is 0. The van der Waals surface area contributed by atoms with Crippen LogP contribution in [0.1, 0.15) is 58.1 Å². The van der Waals surface area contributed by atoms with Crippen LogP contribution in [-0.2, 0) is 0 Å². The molecule has 1 aliphatic heterocycles. The maximum absolute atomic E-state index is 8.49. The molecule has 0 aromatic heterocycles. The van der Waals surface area contributed by atoms with Gasteiger partial charge in [-0.15, -0.1) is 0 Å². The van der Waals surface area contributed by atoms with Crippen LogP contribution in [0.15, 0.2) is 30.3 Å². The van der Waals surface area contributed by atoms with Crippen LogP contribution in [0, 0.1) is 22.2 Å². The molecule has 2 saturated carbocycles. The number of nitrogens with zero attached hydrogens (tertiary/aromatic N) is 2. The van der Waals surface area contributed by atoms with Crippen molar-refractivity contribution in [1.29, 1.82) is 10.8 Å². The van der Waals surface area contributed by atoms with Crippen LogP contribution in [0.4, 0.5) is 0 Å². The van der Waals surface area contributed by atoms with Crippen LogP contribution in [-0.4, -0.2) is 46.1 Å². The fraction of sp³-hybridized carbons (Fsp3) is 0.636. The van der Waals surface area contributed by atoms with Gasteiger partial charge in [0.2, 0.25) is 0 Å². The molecule has 1 saturated heterocycles. The number of nitrogens with one attached hydrogen (secondary N) is 2. The van der Waals surface area contributed by atoms with Gasteiger partial charge in [-0.3, -0.25) is 15.7 Å². The van der Waals surface area contributed by atoms with Crippen molar-refractivity contribution in [3.8, 4) is 0 Å². The predicted molar refractivity (Wildman–Crippen MR) is 110 cm³/mol. The van der Waals surface area contributed by atoms with Gasteiger partial charge in [-0.1, -0.05) is 44.2 Å². The normalized spacial score (nSPS) is 32.4. The lowest BCUT2D eigenvalue weighted by atomic mass is 9.39. The number of benzene rings is 1. The number of rotatable bonds is 6. The lowest BCUT2D eigenvalue weighted by molar-refractivity contribution is -0.291. The average molecular weight is 368 g/mol. The number of hydrogen-bond acceptors (Lipinski definition) is 4. The van der Waals surface area contributed by atoms with Gasteiger partial charge in [0.15, 0.2) is 0 Å². The summed E-state index contributed by atoms with van der Waals surface area (Å²) in [6.45, 7) is 7.01. The SMILES string of the molecule is CC(=N)N(C(=N)C(C)C)C1CC2N(CCC(N)c3ccccc3)C3CCC132. The minimum Gasteiger partial charge on any atom is -0.324 e. The maximum Gasteiger partial charge on any atom is 0.104 e. The van der Waals surface area contributed by atoms with Gasteiger partial charge in [-0.25, -0.2) is 0 Å². The molecule has 5 heteroatoms. The summed E-state index contributed by atoms with van der Waals surface area (Å²) in [5.74, 6) is 1.30. The highest BCUT2D eigenvalue weighted by molar-refractivity contribution is 5.98. The van der Waals surface area contributed by atoms with Crippen molar-refractivity contribution in [2.45, 2.75) is 70.6 Å². The molecule has 5 atom stereocenters. The van der Waals surface area contributed by atoms with Crippen LogP contribution in [0.5, 0.6) is 0 Å². The lowest BCUT2D eigenvalue weighted by Crippen LogP contribution is -2.89. The third-order valence-electron chi connectivity index (χ3n) is 7.36. The molecular formula is C22H33N5. The van der Waals surface area contributed by atoms with Gasteiger partial charge in [-0.05, 0) is 38.2 Å². The molecule has 5 nitrogen and oxygen atoms in total. The zero-order valence-electron chi connectivity index (χ0n) is 16.8. The van der Waals surface area contributed by atoms with E-state index in [0.717, 1.165) is 19.4 Å². The van der Waals surface area contributed by atoms with Crippen LogP contribution < -0.4 is 5.73 Å². The van der Waals surface area contributed by atoms with Gasteiger partial charge >= 0.3 is 0 Å². The van der Waals surface area contributed by atoms with Gasteiger partial charge in [0.05, 0.1) is 5.84 Å². The first-order valence-electron chi connectivity index (χ1n) is 10.4. The van der Waals surface area contributed by atoms with E-state index >= 15 is 0 Å². The molecule has 4 N–H and O–H groups in total. The molecule has 27 heavy (non-hydrogen) atoms. The van der Waals surface area contributed by atoms with E-state index in [1.807, 2.05) is 17.9 Å². The predicted octanol–water partition coefficient (Wildman–Crippen LogP) is 3.61. The number of likely N-dealkylation sites (tertiary alicyclic amines) is 1. The highest BCUT2D eigenvalue weighted by atomic mass is 15.4. The molecule has 1 spiro atoms. The molecule has 146 valence electrons. The van der Waals surface area contributed by atoms with E-state index < -0.39 is 0 Å². The van der Waals surface area contributed by atoms with Crippen LogP contribution in [0.3, 0.4) is 0 Å².